The molecule has 0 spiro atoms. The molecule has 24 heavy (non-hydrogen) atoms. The number of alkyl halides is 7. The van der Waals surface area contributed by atoms with Crippen molar-refractivity contribution in [3.8, 4) is 0 Å². The Balaban J connectivity index is 3.56. The lowest BCUT2D eigenvalue weighted by Gasteiger charge is -2.30. The Labute approximate surface area is 129 Å². The van der Waals surface area contributed by atoms with E-state index in [0.29, 0.717) is 6.07 Å². The molecule has 6 nitrogen and oxygen atoms in total. The molecular weight excluding hydrogens is 353 g/mol. The summed E-state index contributed by atoms with van der Waals surface area (Å²) in [5.74, 6) is -12.3. The van der Waals surface area contributed by atoms with Gasteiger partial charge in [0.15, 0.2) is 0 Å². The lowest BCUT2D eigenvalue weighted by molar-refractivity contribution is -0.359. The topological polar surface area (TPSA) is 110 Å². The number of anilines is 2. The minimum absolute atomic E-state index is 0.107. The second-order valence-electron chi connectivity index (χ2n) is 4.39. The van der Waals surface area contributed by atoms with Crippen molar-refractivity contribution in [2.45, 2.75) is 18.0 Å². The molecule has 0 saturated heterocycles. The normalized spacial score (nSPS) is 12.6. The highest BCUT2D eigenvalue weighted by molar-refractivity contribution is 5.91. The van der Waals surface area contributed by atoms with Crippen LogP contribution in [0.5, 0.6) is 0 Å². The van der Waals surface area contributed by atoms with Gasteiger partial charge in [-0.15, -0.1) is 0 Å². The second-order valence-corrected chi connectivity index (χ2v) is 4.39. The zero-order valence-corrected chi connectivity index (χ0v) is 11.3. The van der Waals surface area contributed by atoms with Gasteiger partial charge in [-0.3, -0.25) is 0 Å². The molecule has 4 amide bonds. The standard InChI is InChI=1S/C11H9F7N4O2/c12-9(13,10(14,15)11(16,17)18)5-3-4(21-7(19)23)1-2-6(5)22-8(20)24/h1-3H,(H3,19,21,23)(H3,20,22,24). The molecule has 6 N–H and O–H groups in total. The van der Waals surface area contributed by atoms with Crippen LogP contribution in [0.3, 0.4) is 0 Å². The molecule has 0 heterocycles. The Kier molecular flexibility index (Phi) is 4.87. The molecule has 0 aromatic heterocycles. The predicted octanol–water partition coefficient (Wildman–Crippen LogP) is 2.96. The number of primary amides is 2. The van der Waals surface area contributed by atoms with E-state index in [4.69, 9.17) is 5.73 Å². The fourth-order valence-electron chi connectivity index (χ4n) is 1.61. The van der Waals surface area contributed by atoms with E-state index in [0.717, 1.165) is 6.07 Å². The van der Waals surface area contributed by atoms with Crippen LogP contribution < -0.4 is 22.1 Å². The van der Waals surface area contributed by atoms with E-state index in [1.165, 1.54) is 5.32 Å². The van der Waals surface area contributed by atoms with E-state index >= 15 is 0 Å². The van der Waals surface area contributed by atoms with Crippen LogP contribution in [0, 0.1) is 0 Å². The quantitative estimate of drug-likeness (QED) is 0.618. The van der Waals surface area contributed by atoms with Gasteiger partial charge in [-0.2, -0.15) is 30.7 Å². The highest BCUT2D eigenvalue weighted by Gasteiger charge is 2.74. The highest BCUT2D eigenvalue weighted by atomic mass is 19.4. The molecular formula is C11H9F7N4O2. The van der Waals surface area contributed by atoms with Crippen molar-refractivity contribution in [1.29, 1.82) is 0 Å². The summed E-state index contributed by atoms with van der Waals surface area (Å²) >= 11 is 0. The number of carbonyl (C=O) groups is 2. The molecule has 0 aliphatic carbocycles. The Hall–Kier alpha value is -2.73. The molecule has 0 radical (unpaired) electrons. The number of urea groups is 2. The van der Waals surface area contributed by atoms with Crippen molar-refractivity contribution < 1.29 is 40.3 Å². The number of hydrogen-bond acceptors (Lipinski definition) is 2. The summed E-state index contributed by atoms with van der Waals surface area (Å²) < 4.78 is 90.9. The number of rotatable bonds is 4. The SMILES string of the molecule is NC(=O)Nc1ccc(NC(N)=O)c(C(F)(F)C(F)(F)C(F)(F)F)c1. The van der Waals surface area contributed by atoms with Gasteiger partial charge < -0.3 is 22.1 Å². The number of halogens is 7. The fraction of sp³-hybridized carbons (Fsp3) is 0.273. The first kappa shape index (κ1) is 19.3. The van der Waals surface area contributed by atoms with Crippen LogP contribution in [-0.4, -0.2) is 24.2 Å². The van der Waals surface area contributed by atoms with Crippen molar-refractivity contribution >= 4 is 23.4 Å². The van der Waals surface area contributed by atoms with Gasteiger partial charge in [0, 0.05) is 5.69 Å². The minimum Gasteiger partial charge on any atom is -0.351 e. The third-order valence-corrected chi connectivity index (χ3v) is 2.63. The smallest absolute Gasteiger partial charge is 0.351 e. The number of nitrogens with two attached hydrogens (primary N) is 2. The molecule has 1 aromatic carbocycles. The second kappa shape index (κ2) is 6.05. The molecule has 0 saturated carbocycles. The number of amides is 4. The summed E-state index contributed by atoms with van der Waals surface area (Å²) in [7, 11) is 0. The summed E-state index contributed by atoms with van der Waals surface area (Å²) in [4.78, 5) is 21.4. The molecule has 134 valence electrons. The number of hydrogen-bond donors (Lipinski definition) is 4. The maximum absolute atomic E-state index is 13.9. The van der Waals surface area contributed by atoms with Gasteiger partial charge in [-0.05, 0) is 18.2 Å². The summed E-state index contributed by atoms with van der Waals surface area (Å²) in [6.45, 7) is 0. The maximum atomic E-state index is 13.9. The van der Waals surface area contributed by atoms with E-state index in [2.05, 4.69) is 5.73 Å². The van der Waals surface area contributed by atoms with Crippen molar-refractivity contribution in [3.63, 3.8) is 0 Å². The van der Waals surface area contributed by atoms with Crippen LogP contribution in [-0.2, 0) is 5.92 Å². The van der Waals surface area contributed by atoms with Gasteiger partial charge in [0.05, 0.1) is 11.3 Å². The van der Waals surface area contributed by atoms with Crippen LogP contribution in [0.2, 0.25) is 0 Å². The molecule has 0 aliphatic rings. The van der Waals surface area contributed by atoms with Gasteiger partial charge in [0.25, 0.3) is 0 Å². The van der Waals surface area contributed by atoms with Crippen molar-refractivity contribution in [3.05, 3.63) is 23.8 Å². The van der Waals surface area contributed by atoms with Gasteiger partial charge >= 0.3 is 30.1 Å². The number of nitrogens with one attached hydrogen (secondary N) is 2. The Morgan fingerprint density at radius 3 is 1.79 bits per heavy atom. The zero-order valence-electron chi connectivity index (χ0n) is 11.3. The molecule has 0 atom stereocenters. The average molecular weight is 362 g/mol. The summed E-state index contributed by atoms with van der Waals surface area (Å²) in [5, 5.41) is 3.22. The van der Waals surface area contributed by atoms with E-state index in [-0.39, 0.29) is 6.07 Å². The summed E-state index contributed by atoms with van der Waals surface area (Å²) in [6.07, 6.45) is -6.59. The molecule has 0 aliphatic heterocycles. The minimum atomic E-state index is -6.59. The Morgan fingerprint density at radius 1 is 0.875 bits per heavy atom. The number of benzene rings is 1. The van der Waals surface area contributed by atoms with Gasteiger partial charge in [-0.25, -0.2) is 9.59 Å². The van der Waals surface area contributed by atoms with Crippen LogP contribution in [0.1, 0.15) is 5.56 Å². The summed E-state index contributed by atoms with van der Waals surface area (Å²) in [6, 6.07) is -1.30. The van der Waals surface area contributed by atoms with E-state index in [9.17, 15) is 40.3 Å². The molecule has 1 rings (SSSR count). The fourth-order valence-corrected chi connectivity index (χ4v) is 1.61. The highest BCUT2D eigenvalue weighted by Crippen LogP contribution is 2.53. The monoisotopic (exact) mass is 362 g/mol. The Bertz CT molecular complexity index is 660. The van der Waals surface area contributed by atoms with Gasteiger partial charge in [-0.1, -0.05) is 0 Å². The summed E-state index contributed by atoms with van der Waals surface area (Å²) in [5.41, 5.74) is 5.73. The molecule has 0 bridgehead atoms. The van der Waals surface area contributed by atoms with Gasteiger partial charge in [0.1, 0.15) is 0 Å². The van der Waals surface area contributed by atoms with Crippen LogP contribution in [0.15, 0.2) is 18.2 Å². The van der Waals surface area contributed by atoms with Crippen molar-refractivity contribution in [1.82, 2.24) is 0 Å². The third kappa shape index (κ3) is 3.60. The van der Waals surface area contributed by atoms with E-state index in [1.807, 2.05) is 0 Å². The lowest BCUT2D eigenvalue weighted by Crippen LogP contribution is -2.50. The van der Waals surface area contributed by atoms with Crippen molar-refractivity contribution in [2.24, 2.45) is 11.5 Å². The van der Waals surface area contributed by atoms with Crippen LogP contribution >= 0.6 is 0 Å². The first-order valence-electron chi connectivity index (χ1n) is 5.80. The van der Waals surface area contributed by atoms with Crippen molar-refractivity contribution in [2.75, 3.05) is 10.6 Å². The van der Waals surface area contributed by atoms with Crippen LogP contribution in [0.4, 0.5) is 51.7 Å². The molecule has 1 aromatic rings. The first-order valence-corrected chi connectivity index (χ1v) is 5.80. The zero-order chi connectivity index (χ0) is 18.9. The Morgan fingerprint density at radius 2 is 1.38 bits per heavy atom. The number of carbonyl (C=O) groups excluding carboxylic acids is 2. The predicted molar refractivity (Wildman–Crippen MR) is 67.8 cm³/mol. The molecule has 13 heteroatoms. The van der Waals surface area contributed by atoms with E-state index < -0.39 is 47.0 Å². The molecule has 0 fully saturated rings. The molecule has 0 unspecified atom stereocenters. The van der Waals surface area contributed by atoms with Crippen LogP contribution in [0.25, 0.3) is 0 Å². The first-order chi connectivity index (χ1) is 10.7. The third-order valence-electron chi connectivity index (χ3n) is 2.63. The lowest BCUT2D eigenvalue weighted by atomic mass is 9.99. The van der Waals surface area contributed by atoms with E-state index in [1.54, 1.807) is 5.32 Å². The average Bonchev–Trinajstić information content (AvgIpc) is 2.37. The maximum Gasteiger partial charge on any atom is 0.460 e. The largest absolute Gasteiger partial charge is 0.460 e. The van der Waals surface area contributed by atoms with Gasteiger partial charge in [0.2, 0.25) is 0 Å².